The predicted octanol–water partition coefficient (Wildman–Crippen LogP) is 4.92. The first-order valence-corrected chi connectivity index (χ1v) is 9.09. The molecule has 0 unspecified atom stereocenters. The molecular formula is C20H24BrNO4. The lowest BCUT2D eigenvalue weighted by molar-refractivity contribution is -0.118. The van der Waals surface area contributed by atoms with Crippen LogP contribution in [0.4, 0.5) is 5.69 Å². The second-order valence-electron chi connectivity index (χ2n) is 6.20. The van der Waals surface area contributed by atoms with Gasteiger partial charge in [-0.25, -0.2) is 0 Å². The molecule has 0 atom stereocenters. The van der Waals surface area contributed by atoms with Gasteiger partial charge in [0.25, 0.3) is 5.91 Å². The summed E-state index contributed by atoms with van der Waals surface area (Å²) in [5, 5.41) is 2.80. The number of hydrogen-bond donors (Lipinski definition) is 1. The molecule has 140 valence electrons. The average Bonchev–Trinajstić information content (AvgIpc) is 2.61. The van der Waals surface area contributed by atoms with Crippen molar-refractivity contribution in [3.05, 3.63) is 45.9 Å². The molecule has 26 heavy (non-hydrogen) atoms. The topological polar surface area (TPSA) is 56.8 Å². The first kappa shape index (κ1) is 20.1. The lowest BCUT2D eigenvalue weighted by Gasteiger charge is -2.16. The lowest BCUT2D eigenvalue weighted by Crippen LogP contribution is -2.20. The Hall–Kier alpha value is -2.21. The highest BCUT2D eigenvalue weighted by molar-refractivity contribution is 9.10. The van der Waals surface area contributed by atoms with Gasteiger partial charge in [-0.2, -0.15) is 0 Å². The van der Waals surface area contributed by atoms with Gasteiger partial charge < -0.3 is 19.5 Å². The van der Waals surface area contributed by atoms with Gasteiger partial charge in [0, 0.05) is 16.2 Å². The van der Waals surface area contributed by atoms with Gasteiger partial charge in [0.15, 0.2) is 18.1 Å². The van der Waals surface area contributed by atoms with E-state index in [4.69, 9.17) is 14.2 Å². The molecule has 0 saturated carbocycles. The quantitative estimate of drug-likeness (QED) is 0.689. The van der Waals surface area contributed by atoms with Crippen molar-refractivity contribution >= 4 is 27.5 Å². The highest BCUT2D eigenvalue weighted by Gasteiger charge is 2.13. The van der Waals surface area contributed by atoms with Crippen LogP contribution in [0, 0.1) is 6.92 Å². The van der Waals surface area contributed by atoms with Gasteiger partial charge in [-0.05, 0) is 48.2 Å². The molecule has 0 radical (unpaired) electrons. The van der Waals surface area contributed by atoms with E-state index in [1.807, 2.05) is 19.1 Å². The van der Waals surface area contributed by atoms with Gasteiger partial charge in [-0.3, -0.25) is 4.79 Å². The Kier molecular flexibility index (Phi) is 6.91. The Morgan fingerprint density at radius 1 is 1.08 bits per heavy atom. The van der Waals surface area contributed by atoms with E-state index in [-0.39, 0.29) is 18.4 Å². The Balaban J connectivity index is 2.07. The first-order valence-electron chi connectivity index (χ1n) is 8.30. The molecule has 6 heteroatoms. The fourth-order valence-corrected chi connectivity index (χ4v) is 2.86. The number of nitrogens with one attached hydrogen (secondary N) is 1. The molecule has 2 rings (SSSR count). The van der Waals surface area contributed by atoms with E-state index < -0.39 is 0 Å². The Bertz CT molecular complexity index is 790. The van der Waals surface area contributed by atoms with Crippen LogP contribution in [0.2, 0.25) is 0 Å². The molecule has 0 spiro atoms. The summed E-state index contributed by atoms with van der Waals surface area (Å²) in [5.41, 5.74) is 2.73. The highest BCUT2D eigenvalue weighted by Crippen LogP contribution is 2.32. The third kappa shape index (κ3) is 4.91. The minimum Gasteiger partial charge on any atom is -0.493 e. The summed E-state index contributed by atoms with van der Waals surface area (Å²) in [6.07, 6.45) is 0. The van der Waals surface area contributed by atoms with Crippen molar-refractivity contribution in [1.82, 2.24) is 0 Å². The van der Waals surface area contributed by atoms with Crippen molar-refractivity contribution in [3.63, 3.8) is 0 Å². The smallest absolute Gasteiger partial charge is 0.262 e. The number of rotatable bonds is 7. The van der Waals surface area contributed by atoms with E-state index in [0.29, 0.717) is 17.2 Å². The number of amides is 1. The molecule has 2 aromatic rings. The highest BCUT2D eigenvalue weighted by atomic mass is 79.9. The van der Waals surface area contributed by atoms with Crippen molar-refractivity contribution in [2.45, 2.75) is 26.7 Å². The monoisotopic (exact) mass is 421 g/mol. The average molecular weight is 422 g/mol. The van der Waals surface area contributed by atoms with Crippen molar-refractivity contribution < 1.29 is 19.0 Å². The van der Waals surface area contributed by atoms with Crippen molar-refractivity contribution in [1.29, 1.82) is 0 Å². The molecule has 1 amide bonds. The molecule has 0 aliphatic heterocycles. The lowest BCUT2D eigenvalue weighted by atomic mass is 10.0. The van der Waals surface area contributed by atoms with Gasteiger partial charge in [-0.1, -0.05) is 29.8 Å². The zero-order chi connectivity index (χ0) is 19.3. The summed E-state index contributed by atoms with van der Waals surface area (Å²) in [5.74, 6) is 1.93. The minimum atomic E-state index is -0.243. The minimum absolute atomic E-state index is 0.0743. The number of benzene rings is 2. The van der Waals surface area contributed by atoms with E-state index in [1.165, 1.54) is 0 Å². The van der Waals surface area contributed by atoms with Crippen LogP contribution in [0.25, 0.3) is 0 Å². The van der Waals surface area contributed by atoms with Crippen LogP contribution in [-0.4, -0.2) is 26.7 Å². The number of carbonyl (C=O) groups excluding carboxylic acids is 1. The predicted molar refractivity (Wildman–Crippen MR) is 107 cm³/mol. The van der Waals surface area contributed by atoms with Crippen LogP contribution in [0.3, 0.4) is 0 Å². The summed E-state index contributed by atoms with van der Waals surface area (Å²) in [4.78, 5) is 12.3. The Labute approximate surface area is 162 Å². The van der Waals surface area contributed by atoms with Crippen LogP contribution in [0.1, 0.15) is 30.9 Å². The third-order valence-electron chi connectivity index (χ3n) is 3.94. The fraction of sp³-hybridized carbons (Fsp3) is 0.350. The van der Waals surface area contributed by atoms with Crippen LogP contribution in [-0.2, 0) is 4.79 Å². The molecule has 0 fully saturated rings. The summed E-state index contributed by atoms with van der Waals surface area (Å²) in [6.45, 7) is 6.10. The van der Waals surface area contributed by atoms with Gasteiger partial charge >= 0.3 is 0 Å². The zero-order valence-corrected chi connectivity index (χ0v) is 17.3. The van der Waals surface area contributed by atoms with Gasteiger partial charge in [0.05, 0.1) is 14.2 Å². The molecule has 0 heterocycles. The molecule has 5 nitrogen and oxygen atoms in total. The second-order valence-corrected chi connectivity index (χ2v) is 7.05. The zero-order valence-electron chi connectivity index (χ0n) is 15.7. The summed E-state index contributed by atoms with van der Waals surface area (Å²) < 4.78 is 17.2. The number of ether oxygens (including phenoxy) is 3. The van der Waals surface area contributed by atoms with E-state index in [2.05, 4.69) is 35.1 Å². The largest absolute Gasteiger partial charge is 0.493 e. The molecule has 0 bridgehead atoms. The molecule has 2 aromatic carbocycles. The molecule has 0 aromatic heterocycles. The summed E-state index contributed by atoms with van der Waals surface area (Å²) >= 11 is 3.54. The Morgan fingerprint density at radius 2 is 1.77 bits per heavy atom. The van der Waals surface area contributed by atoms with E-state index >= 15 is 0 Å². The summed E-state index contributed by atoms with van der Waals surface area (Å²) in [7, 11) is 3.12. The standard InChI is InChI=1S/C20H24BrNO4/c1-12(2)15-10-16(21)13(3)8-18(15)26-11-20(23)22-14-6-7-17(24-4)19(9-14)25-5/h6-10,12H,11H2,1-5H3,(H,22,23). The van der Waals surface area contributed by atoms with E-state index in [1.54, 1.807) is 32.4 Å². The van der Waals surface area contributed by atoms with Crippen molar-refractivity contribution in [2.24, 2.45) is 0 Å². The number of aryl methyl sites for hydroxylation is 1. The SMILES string of the molecule is COc1ccc(NC(=O)COc2cc(C)c(Br)cc2C(C)C)cc1OC. The van der Waals surface area contributed by atoms with Crippen LogP contribution < -0.4 is 19.5 Å². The van der Waals surface area contributed by atoms with Crippen molar-refractivity contribution in [2.75, 3.05) is 26.1 Å². The Morgan fingerprint density at radius 3 is 2.38 bits per heavy atom. The number of carbonyl (C=O) groups is 1. The van der Waals surface area contributed by atoms with Crippen LogP contribution in [0.5, 0.6) is 17.2 Å². The maximum absolute atomic E-state index is 12.3. The molecule has 1 N–H and O–H groups in total. The van der Waals surface area contributed by atoms with Gasteiger partial charge in [0.1, 0.15) is 5.75 Å². The number of anilines is 1. The maximum atomic E-state index is 12.3. The molecule has 0 aliphatic rings. The van der Waals surface area contributed by atoms with E-state index in [0.717, 1.165) is 21.3 Å². The number of hydrogen-bond acceptors (Lipinski definition) is 4. The molecule has 0 aliphatic carbocycles. The van der Waals surface area contributed by atoms with Gasteiger partial charge in [-0.15, -0.1) is 0 Å². The second kappa shape index (κ2) is 8.94. The third-order valence-corrected chi connectivity index (χ3v) is 4.79. The number of halogens is 1. The van der Waals surface area contributed by atoms with Crippen LogP contribution >= 0.6 is 15.9 Å². The number of methoxy groups -OCH3 is 2. The first-order chi connectivity index (χ1) is 12.3. The van der Waals surface area contributed by atoms with E-state index in [9.17, 15) is 4.79 Å². The van der Waals surface area contributed by atoms with Crippen molar-refractivity contribution in [3.8, 4) is 17.2 Å². The molecular weight excluding hydrogens is 398 g/mol. The van der Waals surface area contributed by atoms with Gasteiger partial charge in [0.2, 0.25) is 0 Å². The fourth-order valence-electron chi connectivity index (χ4n) is 2.50. The maximum Gasteiger partial charge on any atom is 0.262 e. The summed E-state index contributed by atoms with van der Waals surface area (Å²) in [6, 6.07) is 9.19. The molecule has 0 saturated heterocycles. The van der Waals surface area contributed by atoms with Crippen LogP contribution in [0.15, 0.2) is 34.8 Å². The normalized spacial score (nSPS) is 10.6.